The highest BCUT2D eigenvalue weighted by molar-refractivity contribution is 7.22. The number of aryl methyl sites for hydroxylation is 3. The minimum atomic E-state index is -0.981. The number of thiazole rings is 1. The molecule has 0 radical (unpaired) electrons. The summed E-state index contributed by atoms with van der Waals surface area (Å²) in [5, 5.41) is 12.2. The summed E-state index contributed by atoms with van der Waals surface area (Å²) in [6, 6.07) is 14.0. The fraction of sp³-hybridized carbons (Fsp3) is 0.294. The number of anilines is 1. The molecule has 2 aromatic carbocycles. The number of unbranched alkanes of at least 4 members (excludes halogenated alkanes) is 2. The van der Waals surface area contributed by atoms with Gasteiger partial charge in [-0.2, -0.15) is 0 Å². The number of aliphatic hydroxyl groups excluding tert-OH is 1. The number of fused-ring (bicyclic) bond motifs is 2. The van der Waals surface area contributed by atoms with Crippen molar-refractivity contribution in [2.45, 2.75) is 53.0 Å². The van der Waals surface area contributed by atoms with Crippen molar-refractivity contribution in [3.8, 4) is 11.5 Å². The third kappa shape index (κ3) is 4.98. The van der Waals surface area contributed by atoms with E-state index in [1.807, 2.05) is 61.7 Å². The molecular weight excluding hydrogens is 576 g/mol. The fourth-order valence-corrected chi connectivity index (χ4v) is 6.74. The van der Waals surface area contributed by atoms with Crippen molar-refractivity contribution in [2.75, 3.05) is 18.6 Å². The number of aliphatic hydroxyl groups is 1. The van der Waals surface area contributed by atoms with Gasteiger partial charge in [0.05, 0.1) is 41.2 Å². The number of methoxy groups -OCH3 is 1. The molecule has 4 heterocycles. The van der Waals surface area contributed by atoms with Crippen LogP contribution in [-0.4, -0.2) is 44.9 Å². The van der Waals surface area contributed by atoms with Gasteiger partial charge >= 0.3 is 5.91 Å². The summed E-state index contributed by atoms with van der Waals surface area (Å²) in [6.07, 6.45) is 4.90. The van der Waals surface area contributed by atoms with Crippen LogP contribution in [-0.2, 0) is 9.59 Å². The summed E-state index contributed by atoms with van der Waals surface area (Å²) >= 11 is 1.32. The Kier molecular flexibility index (Phi) is 7.85. The summed E-state index contributed by atoms with van der Waals surface area (Å²) < 4.78 is 14.4. The molecule has 44 heavy (non-hydrogen) atoms. The van der Waals surface area contributed by atoms with Crippen LogP contribution in [0.25, 0.3) is 21.6 Å². The molecule has 1 N–H and O–H groups in total. The van der Waals surface area contributed by atoms with E-state index in [9.17, 15) is 14.7 Å². The number of rotatable bonds is 9. The van der Waals surface area contributed by atoms with Gasteiger partial charge < -0.3 is 19.0 Å². The van der Waals surface area contributed by atoms with Gasteiger partial charge in [0.15, 0.2) is 22.4 Å². The van der Waals surface area contributed by atoms with Crippen molar-refractivity contribution in [2.24, 2.45) is 0 Å². The summed E-state index contributed by atoms with van der Waals surface area (Å²) in [6.45, 7) is 8.41. The van der Waals surface area contributed by atoms with Crippen molar-refractivity contribution in [3.63, 3.8) is 0 Å². The van der Waals surface area contributed by atoms with Crippen molar-refractivity contribution >= 4 is 49.8 Å². The highest BCUT2D eigenvalue weighted by atomic mass is 32.1. The average molecular weight is 611 g/mol. The van der Waals surface area contributed by atoms with E-state index in [-0.39, 0.29) is 17.0 Å². The van der Waals surface area contributed by atoms with Crippen LogP contribution >= 0.6 is 11.3 Å². The molecule has 1 saturated heterocycles. The zero-order valence-electron chi connectivity index (χ0n) is 25.4. The summed E-state index contributed by atoms with van der Waals surface area (Å²) in [4.78, 5) is 38.5. The molecule has 1 amide bonds. The van der Waals surface area contributed by atoms with E-state index in [1.54, 1.807) is 25.3 Å². The maximum atomic E-state index is 13.9. The Morgan fingerprint density at radius 2 is 1.84 bits per heavy atom. The van der Waals surface area contributed by atoms with Gasteiger partial charge in [-0.3, -0.25) is 14.5 Å². The number of imidazole rings is 1. The van der Waals surface area contributed by atoms with Crippen molar-refractivity contribution in [3.05, 3.63) is 88.4 Å². The number of nitrogens with zero attached hydrogens (tertiary/aromatic N) is 4. The molecule has 5 aromatic rings. The number of carbonyl (C=O) groups is 2. The molecule has 1 aliphatic rings. The first-order valence-corrected chi connectivity index (χ1v) is 15.5. The van der Waals surface area contributed by atoms with E-state index in [4.69, 9.17) is 19.4 Å². The number of hydrogen-bond acceptors (Lipinski definition) is 8. The van der Waals surface area contributed by atoms with Gasteiger partial charge in [-0.05, 0) is 74.2 Å². The van der Waals surface area contributed by atoms with E-state index in [1.165, 1.54) is 16.2 Å². The van der Waals surface area contributed by atoms with Gasteiger partial charge in [0.1, 0.15) is 11.3 Å². The zero-order valence-corrected chi connectivity index (χ0v) is 26.2. The lowest BCUT2D eigenvalue weighted by Crippen LogP contribution is -2.29. The van der Waals surface area contributed by atoms with Crippen molar-refractivity contribution < 1.29 is 24.2 Å². The fourth-order valence-electron chi connectivity index (χ4n) is 5.65. The highest BCUT2D eigenvalue weighted by Crippen LogP contribution is 2.46. The number of Topliss-reactive ketones (excluding diaryl/α,β-unsaturated/α-hetero) is 1. The van der Waals surface area contributed by atoms with Crippen LogP contribution in [0.3, 0.4) is 0 Å². The number of ether oxygens (including phenoxy) is 2. The van der Waals surface area contributed by atoms with Crippen molar-refractivity contribution in [1.82, 2.24) is 14.4 Å². The van der Waals surface area contributed by atoms with E-state index >= 15 is 0 Å². The molecule has 226 valence electrons. The lowest BCUT2D eigenvalue weighted by atomic mass is 9.96. The van der Waals surface area contributed by atoms with Gasteiger partial charge in [-0.1, -0.05) is 49.3 Å². The first-order chi connectivity index (χ1) is 21.2. The second-order valence-corrected chi connectivity index (χ2v) is 12.0. The van der Waals surface area contributed by atoms with E-state index in [0.717, 1.165) is 40.6 Å². The van der Waals surface area contributed by atoms with Crippen molar-refractivity contribution in [1.29, 1.82) is 0 Å². The minimum absolute atomic E-state index is 0.0618. The van der Waals surface area contributed by atoms with Crippen LogP contribution in [0.5, 0.6) is 11.5 Å². The van der Waals surface area contributed by atoms with E-state index in [2.05, 4.69) is 6.92 Å². The quantitative estimate of drug-likeness (QED) is 0.0823. The van der Waals surface area contributed by atoms with Gasteiger partial charge in [-0.25, -0.2) is 9.97 Å². The number of pyridine rings is 1. The topological polar surface area (TPSA) is 106 Å². The Bertz CT molecular complexity index is 1960. The zero-order chi connectivity index (χ0) is 31.1. The predicted molar refractivity (Wildman–Crippen MR) is 172 cm³/mol. The minimum Gasteiger partial charge on any atom is -0.505 e. The summed E-state index contributed by atoms with van der Waals surface area (Å²) in [7, 11) is 1.55. The van der Waals surface area contributed by atoms with Crippen LogP contribution in [0, 0.1) is 20.8 Å². The molecule has 0 saturated carbocycles. The maximum absolute atomic E-state index is 13.9. The van der Waals surface area contributed by atoms with Gasteiger partial charge in [0.2, 0.25) is 0 Å². The molecule has 1 atom stereocenters. The molecule has 1 aliphatic heterocycles. The van der Waals surface area contributed by atoms with E-state index in [0.29, 0.717) is 40.1 Å². The Hall–Kier alpha value is -4.70. The number of benzene rings is 2. The van der Waals surface area contributed by atoms with Crippen LogP contribution in [0.1, 0.15) is 60.3 Å². The van der Waals surface area contributed by atoms with Crippen LogP contribution in [0.15, 0.2) is 60.3 Å². The molecule has 1 fully saturated rings. The number of amides is 1. The first kappa shape index (κ1) is 29.4. The SMILES string of the molecule is CCCCCOc1ccc(C2C(=C(O)c3nc4c(C)cccn4c3C)C(=O)C(=O)N2c2nc3ccc(C)cc3s2)cc1OC. The maximum Gasteiger partial charge on any atom is 0.301 e. The first-order valence-electron chi connectivity index (χ1n) is 14.7. The van der Waals surface area contributed by atoms with Gasteiger partial charge in [0.25, 0.3) is 5.78 Å². The van der Waals surface area contributed by atoms with Gasteiger partial charge in [-0.15, -0.1) is 0 Å². The molecular formula is C34H34N4O5S. The van der Waals surface area contributed by atoms with Crippen LogP contribution < -0.4 is 14.4 Å². The molecule has 10 heteroatoms. The van der Waals surface area contributed by atoms with Crippen LogP contribution in [0.2, 0.25) is 0 Å². The molecule has 0 aliphatic carbocycles. The third-order valence-electron chi connectivity index (χ3n) is 8.00. The monoisotopic (exact) mass is 610 g/mol. The average Bonchev–Trinajstić information content (AvgIpc) is 3.67. The molecule has 0 bridgehead atoms. The van der Waals surface area contributed by atoms with Crippen LogP contribution in [0.4, 0.5) is 5.13 Å². The lowest BCUT2D eigenvalue weighted by molar-refractivity contribution is -0.132. The Labute approximate surface area is 259 Å². The molecule has 6 rings (SSSR count). The van der Waals surface area contributed by atoms with Gasteiger partial charge in [0, 0.05) is 6.20 Å². The number of hydrogen-bond donors (Lipinski definition) is 1. The predicted octanol–water partition coefficient (Wildman–Crippen LogP) is 7.07. The third-order valence-corrected chi connectivity index (χ3v) is 9.02. The Morgan fingerprint density at radius 3 is 2.59 bits per heavy atom. The Morgan fingerprint density at radius 1 is 1.02 bits per heavy atom. The largest absolute Gasteiger partial charge is 0.505 e. The normalized spacial score (nSPS) is 16.4. The highest BCUT2D eigenvalue weighted by Gasteiger charge is 2.49. The standard InChI is InChI=1S/C34H34N4O5S/c1-6-7-8-16-43-24-14-12-22(18-25(24)42-5)29-27(30(39)28-21(4)37-15-9-10-20(3)32(37)36-28)31(40)33(41)38(29)34-35-23-13-11-19(2)17-26(23)44-34/h9-15,17-18,29,39H,6-8,16H2,1-5H3. The summed E-state index contributed by atoms with van der Waals surface area (Å²) in [5.41, 5.74) is 4.74. The smallest absolute Gasteiger partial charge is 0.301 e. The van der Waals surface area contributed by atoms with E-state index < -0.39 is 17.7 Å². The second kappa shape index (κ2) is 11.8. The Balaban J connectivity index is 1.53. The number of carbonyl (C=O) groups excluding carboxylic acids is 2. The number of aromatic nitrogens is 3. The molecule has 0 spiro atoms. The molecule has 3 aromatic heterocycles. The second-order valence-electron chi connectivity index (χ2n) is 11.0. The summed E-state index contributed by atoms with van der Waals surface area (Å²) in [5.74, 6) is -0.901. The lowest BCUT2D eigenvalue weighted by Gasteiger charge is -2.23. The molecule has 9 nitrogen and oxygen atoms in total. The molecule has 1 unspecified atom stereocenters. The number of ketones is 1.